The van der Waals surface area contributed by atoms with Crippen LogP contribution in [0.5, 0.6) is 0 Å². The molecule has 0 nitrogen and oxygen atoms in total. The van der Waals surface area contributed by atoms with E-state index in [0.717, 1.165) is 0 Å². The second-order valence-electron chi connectivity index (χ2n) is 7.47. The van der Waals surface area contributed by atoms with Crippen LogP contribution in [0.4, 0.5) is 0 Å². The molecule has 1 heteroatoms. The maximum atomic E-state index is 2.33. The Bertz CT molecular complexity index is 157. The first-order valence-corrected chi connectivity index (χ1v) is 17.8. The second kappa shape index (κ2) is 19.9. The van der Waals surface area contributed by atoms with Crippen molar-refractivity contribution in [1.82, 2.24) is 0 Å². The van der Waals surface area contributed by atoms with E-state index in [0.29, 0.717) is 0 Å². The molecular weight excluding hydrogens is 367 g/mol. The molecule has 0 heterocycles. The van der Waals surface area contributed by atoms with Gasteiger partial charge in [-0.3, -0.25) is 0 Å². The van der Waals surface area contributed by atoms with Crippen molar-refractivity contribution in [2.75, 3.05) is 0 Å². The normalized spacial score (nSPS) is 11.0. The van der Waals surface area contributed by atoms with Gasteiger partial charge in [-0.2, -0.15) is 0 Å². The Morgan fingerprint density at radius 3 is 0.909 bits per heavy atom. The van der Waals surface area contributed by atoms with E-state index >= 15 is 0 Å². The topological polar surface area (TPSA) is 0 Å². The molecule has 0 atom stereocenters. The first kappa shape index (κ1) is 22.9. The minimum absolute atomic E-state index is 1.12. The molecule has 0 rings (SSSR count). The van der Waals surface area contributed by atoms with Gasteiger partial charge in [0.05, 0.1) is 0 Å². The molecule has 22 heavy (non-hydrogen) atoms. The van der Waals surface area contributed by atoms with Gasteiger partial charge in [0.1, 0.15) is 0 Å². The quantitative estimate of drug-likeness (QED) is 0.198. The van der Waals surface area contributed by atoms with Gasteiger partial charge in [0.2, 0.25) is 0 Å². The molecule has 0 saturated carbocycles. The maximum absolute atomic E-state index is 2.33. The molecule has 0 aliphatic heterocycles. The molecule has 0 aromatic heterocycles. The van der Waals surface area contributed by atoms with Gasteiger partial charge in [-0.25, -0.2) is 0 Å². The summed E-state index contributed by atoms with van der Waals surface area (Å²) >= 11 is -1.12. The fourth-order valence-electron chi connectivity index (χ4n) is 3.54. The Balaban J connectivity index is 3.72. The molecule has 0 bridgehead atoms. The van der Waals surface area contributed by atoms with Crippen LogP contribution in [-0.4, -0.2) is 21.4 Å². The van der Waals surface area contributed by atoms with E-state index in [-0.39, 0.29) is 0 Å². The number of hydrogen-bond donors (Lipinski definition) is 0. The first-order chi connectivity index (χ1) is 10.8. The molecule has 0 N–H and O–H groups in total. The van der Waals surface area contributed by atoms with Crippen molar-refractivity contribution < 1.29 is 0 Å². The van der Waals surface area contributed by atoms with Gasteiger partial charge in [-0.15, -0.1) is 0 Å². The standard InChI is InChI=1S/3C7H15.In/c3*1-3-5-7-6-4-2;/h3*1,3-7H2,2H3;. The average Bonchev–Trinajstić information content (AvgIpc) is 2.53. The van der Waals surface area contributed by atoms with Crippen LogP contribution >= 0.6 is 0 Å². The summed E-state index contributed by atoms with van der Waals surface area (Å²) in [5, 5.41) is 0. The molecule has 132 valence electrons. The SMILES string of the molecule is CCCCCC[CH2][In]([CH2]CCCCCC)[CH2]CCCCCC. The average molecular weight is 412 g/mol. The Morgan fingerprint density at radius 1 is 0.364 bits per heavy atom. The molecular formula is C21H45In. The van der Waals surface area contributed by atoms with Crippen molar-refractivity contribution in [3.05, 3.63) is 0 Å². The zero-order chi connectivity index (χ0) is 16.3. The summed E-state index contributed by atoms with van der Waals surface area (Å²) in [6, 6.07) is 0. The van der Waals surface area contributed by atoms with Gasteiger partial charge in [0.25, 0.3) is 0 Å². The molecule has 0 amide bonds. The number of hydrogen-bond acceptors (Lipinski definition) is 0. The van der Waals surface area contributed by atoms with Gasteiger partial charge in [0, 0.05) is 0 Å². The summed E-state index contributed by atoms with van der Waals surface area (Å²) in [5.41, 5.74) is 0. The Labute approximate surface area is 150 Å². The first-order valence-electron chi connectivity index (χ1n) is 10.8. The van der Waals surface area contributed by atoms with Crippen LogP contribution in [0.1, 0.15) is 117 Å². The van der Waals surface area contributed by atoms with Gasteiger partial charge in [0.15, 0.2) is 0 Å². The third-order valence-electron chi connectivity index (χ3n) is 5.15. The summed E-state index contributed by atoms with van der Waals surface area (Å²) in [4.78, 5) is 0. The van der Waals surface area contributed by atoms with Crippen LogP contribution in [0.3, 0.4) is 0 Å². The van der Waals surface area contributed by atoms with Crippen LogP contribution in [0.15, 0.2) is 0 Å². The van der Waals surface area contributed by atoms with E-state index in [1.807, 2.05) is 0 Å². The Kier molecular flexibility index (Phi) is 20.7. The second-order valence-corrected chi connectivity index (χ2v) is 17.4. The minimum atomic E-state index is -1.12. The van der Waals surface area contributed by atoms with Crippen molar-refractivity contribution in [1.29, 1.82) is 0 Å². The van der Waals surface area contributed by atoms with E-state index in [4.69, 9.17) is 0 Å². The predicted molar refractivity (Wildman–Crippen MR) is 106 cm³/mol. The van der Waals surface area contributed by atoms with E-state index in [1.54, 1.807) is 31.8 Å². The van der Waals surface area contributed by atoms with Crippen LogP contribution in [0.2, 0.25) is 12.5 Å². The van der Waals surface area contributed by atoms with Crippen LogP contribution in [0.25, 0.3) is 0 Å². The van der Waals surface area contributed by atoms with E-state index in [2.05, 4.69) is 20.8 Å². The molecule has 0 fully saturated rings. The number of unbranched alkanes of at least 4 members (excludes halogenated alkanes) is 12. The monoisotopic (exact) mass is 412 g/mol. The van der Waals surface area contributed by atoms with Gasteiger partial charge < -0.3 is 0 Å². The Hall–Kier alpha value is 0.870. The van der Waals surface area contributed by atoms with Gasteiger partial charge in [-0.05, 0) is 0 Å². The summed E-state index contributed by atoms with van der Waals surface area (Å²) in [7, 11) is 0. The molecule has 0 unspecified atom stereocenters. The van der Waals surface area contributed by atoms with E-state index in [9.17, 15) is 0 Å². The summed E-state index contributed by atoms with van der Waals surface area (Å²) < 4.78 is 5.19. The fourth-order valence-corrected chi connectivity index (χ4v) is 13.4. The summed E-state index contributed by atoms with van der Waals surface area (Å²) in [5.74, 6) is 0. The van der Waals surface area contributed by atoms with Crippen molar-refractivity contribution >= 4 is 21.4 Å². The van der Waals surface area contributed by atoms with Crippen molar-refractivity contribution in [2.24, 2.45) is 0 Å². The van der Waals surface area contributed by atoms with Gasteiger partial charge >= 0.3 is 151 Å². The van der Waals surface area contributed by atoms with Gasteiger partial charge in [-0.1, -0.05) is 0 Å². The van der Waals surface area contributed by atoms with Crippen LogP contribution in [-0.2, 0) is 0 Å². The molecule has 0 aromatic carbocycles. The fraction of sp³-hybridized carbons (Fsp3) is 1.00. The van der Waals surface area contributed by atoms with Crippen LogP contribution < -0.4 is 0 Å². The number of rotatable bonds is 18. The zero-order valence-electron chi connectivity index (χ0n) is 16.3. The molecule has 0 aliphatic rings. The van der Waals surface area contributed by atoms with Crippen molar-refractivity contribution in [3.63, 3.8) is 0 Å². The van der Waals surface area contributed by atoms with E-state index in [1.165, 1.54) is 77.0 Å². The molecule has 0 radical (unpaired) electrons. The predicted octanol–water partition coefficient (Wildman–Crippen LogP) is 8.39. The van der Waals surface area contributed by atoms with Crippen molar-refractivity contribution in [3.8, 4) is 0 Å². The van der Waals surface area contributed by atoms with Crippen molar-refractivity contribution in [2.45, 2.75) is 130 Å². The molecule has 0 spiro atoms. The summed E-state index contributed by atoms with van der Waals surface area (Å²) in [6.07, 6.45) is 22.4. The third kappa shape index (κ3) is 17.2. The zero-order valence-corrected chi connectivity index (χ0v) is 19.6. The molecule has 0 aliphatic carbocycles. The van der Waals surface area contributed by atoms with Crippen LogP contribution in [0, 0.1) is 0 Å². The Morgan fingerprint density at radius 2 is 0.636 bits per heavy atom. The molecule has 0 saturated heterocycles. The third-order valence-corrected chi connectivity index (χ3v) is 15.6. The van der Waals surface area contributed by atoms with E-state index < -0.39 is 21.4 Å². The molecule has 0 aromatic rings. The summed E-state index contributed by atoms with van der Waals surface area (Å²) in [6.45, 7) is 6.98.